The molecule has 1 heterocycles. The van der Waals surface area contributed by atoms with Crippen LogP contribution in [0.1, 0.15) is 5.82 Å². The van der Waals surface area contributed by atoms with Crippen LogP contribution in [-0.2, 0) is 7.05 Å². The zero-order chi connectivity index (χ0) is 12.3. The average Bonchev–Trinajstić information content (AvgIpc) is 2.69. The maximum absolute atomic E-state index is 4.56. The summed E-state index contributed by atoms with van der Waals surface area (Å²) >= 11 is 3.42. The van der Waals surface area contributed by atoms with Crippen LogP contribution in [0.15, 0.2) is 53.7 Å². The maximum Gasteiger partial charge on any atom is 0.133 e. The van der Waals surface area contributed by atoms with Crippen molar-refractivity contribution in [2.24, 2.45) is 7.05 Å². The fourth-order valence-corrected chi connectivity index (χ4v) is 1.81. The molecule has 0 aliphatic heterocycles. The number of hydrogen-bond donors (Lipinski definition) is 0. The maximum atomic E-state index is 4.56. The van der Waals surface area contributed by atoms with Crippen LogP contribution in [0, 0.1) is 0 Å². The van der Waals surface area contributed by atoms with E-state index in [9.17, 15) is 0 Å². The molecule has 0 spiro atoms. The SMILES string of the molecule is C=C/C=C\c1nc(-c2ccc(Br)cc2)cn1C. The van der Waals surface area contributed by atoms with E-state index in [1.165, 1.54) is 0 Å². The van der Waals surface area contributed by atoms with E-state index in [-0.39, 0.29) is 0 Å². The molecule has 0 aliphatic carbocycles. The number of aromatic nitrogens is 2. The van der Waals surface area contributed by atoms with Crippen molar-refractivity contribution in [2.75, 3.05) is 0 Å². The number of nitrogens with zero attached hydrogens (tertiary/aromatic N) is 2. The van der Waals surface area contributed by atoms with Gasteiger partial charge in [0.15, 0.2) is 0 Å². The standard InChI is InChI=1S/C14H13BrN2/c1-3-4-5-14-16-13(10-17(14)2)11-6-8-12(15)9-7-11/h3-10H,1H2,2H3/b5-4-. The topological polar surface area (TPSA) is 17.8 Å². The Labute approximate surface area is 109 Å². The van der Waals surface area contributed by atoms with Gasteiger partial charge in [0, 0.05) is 23.3 Å². The quantitative estimate of drug-likeness (QED) is 0.779. The smallest absolute Gasteiger partial charge is 0.133 e. The minimum atomic E-state index is 0.919. The van der Waals surface area contributed by atoms with E-state index in [0.29, 0.717) is 0 Å². The first kappa shape index (κ1) is 11.9. The summed E-state index contributed by atoms with van der Waals surface area (Å²) in [5, 5.41) is 0. The molecule has 0 fully saturated rings. The second-order valence-corrected chi connectivity index (χ2v) is 4.61. The number of benzene rings is 1. The molecule has 86 valence electrons. The lowest BCUT2D eigenvalue weighted by Crippen LogP contribution is -1.88. The molecule has 2 nitrogen and oxygen atoms in total. The van der Waals surface area contributed by atoms with Crippen molar-refractivity contribution in [1.82, 2.24) is 9.55 Å². The van der Waals surface area contributed by atoms with Gasteiger partial charge in [-0.2, -0.15) is 0 Å². The third-order valence-corrected chi connectivity index (χ3v) is 2.96. The van der Waals surface area contributed by atoms with Crippen LogP contribution in [-0.4, -0.2) is 9.55 Å². The Balaban J connectivity index is 2.37. The molecule has 0 amide bonds. The molecular formula is C14H13BrN2. The molecule has 1 aromatic heterocycles. The summed E-state index contributed by atoms with van der Waals surface area (Å²) in [5.74, 6) is 0.919. The van der Waals surface area contributed by atoms with E-state index in [4.69, 9.17) is 0 Å². The van der Waals surface area contributed by atoms with Crippen LogP contribution in [0.25, 0.3) is 17.3 Å². The lowest BCUT2D eigenvalue weighted by Gasteiger charge is -1.95. The first-order valence-corrected chi connectivity index (χ1v) is 6.08. The first-order chi connectivity index (χ1) is 8.20. The highest BCUT2D eigenvalue weighted by Gasteiger charge is 2.04. The van der Waals surface area contributed by atoms with Crippen LogP contribution in [0.3, 0.4) is 0 Å². The Hall–Kier alpha value is -1.61. The van der Waals surface area contributed by atoms with Crippen molar-refractivity contribution in [1.29, 1.82) is 0 Å². The zero-order valence-corrected chi connectivity index (χ0v) is 11.2. The van der Waals surface area contributed by atoms with Crippen LogP contribution < -0.4 is 0 Å². The highest BCUT2D eigenvalue weighted by Crippen LogP contribution is 2.21. The Kier molecular flexibility index (Phi) is 3.59. The van der Waals surface area contributed by atoms with Crippen LogP contribution >= 0.6 is 15.9 Å². The highest BCUT2D eigenvalue weighted by molar-refractivity contribution is 9.10. The van der Waals surface area contributed by atoms with Gasteiger partial charge in [-0.3, -0.25) is 0 Å². The number of rotatable bonds is 3. The molecule has 0 unspecified atom stereocenters. The fraction of sp³-hybridized carbons (Fsp3) is 0.0714. The summed E-state index contributed by atoms with van der Waals surface area (Å²) in [6.45, 7) is 3.65. The minimum Gasteiger partial charge on any atom is -0.334 e. The number of halogens is 1. The van der Waals surface area contributed by atoms with Crippen molar-refractivity contribution >= 4 is 22.0 Å². The van der Waals surface area contributed by atoms with Gasteiger partial charge in [0.1, 0.15) is 5.82 Å². The molecule has 0 atom stereocenters. The Bertz CT molecular complexity index is 550. The summed E-state index contributed by atoms with van der Waals surface area (Å²) in [7, 11) is 1.98. The molecule has 17 heavy (non-hydrogen) atoms. The van der Waals surface area contributed by atoms with Crippen LogP contribution in [0.4, 0.5) is 0 Å². The number of allylic oxidation sites excluding steroid dienone is 2. The average molecular weight is 289 g/mol. The molecule has 0 bridgehead atoms. The Morgan fingerprint density at radius 3 is 2.65 bits per heavy atom. The summed E-state index contributed by atoms with van der Waals surface area (Å²) < 4.78 is 3.07. The lowest BCUT2D eigenvalue weighted by molar-refractivity contribution is 0.897. The van der Waals surface area contributed by atoms with E-state index < -0.39 is 0 Å². The summed E-state index contributed by atoms with van der Waals surface area (Å²) in [6, 6.07) is 8.13. The van der Waals surface area contributed by atoms with Crippen molar-refractivity contribution in [3.63, 3.8) is 0 Å². The summed E-state index contributed by atoms with van der Waals surface area (Å²) in [5.41, 5.74) is 2.09. The van der Waals surface area contributed by atoms with Gasteiger partial charge in [-0.25, -0.2) is 4.98 Å². The van der Waals surface area contributed by atoms with Gasteiger partial charge < -0.3 is 4.57 Å². The van der Waals surface area contributed by atoms with Crippen LogP contribution in [0.5, 0.6) is 0 Å². The van der Waals surface area contributed by atoms with Crippen molar-refractivity contribution in [2.45, 2.75) is 0 Å². The lowest BCUT2D eigenvalue weighted by atomic mass is 10.2. The van der Waals surface area contributed by atoms with Crippen molar-refractivity contribution in [3.05, 3.63) is 59.5 Å². The molecule has 2 rings (SSSR count). The van der Waals surface area contributed by atoms with Gasteiger partial charge >= 0.3 is 0 Å². The van der Waals surface area contributed by atoms with Gasteiger partial charge in [0.2, 0.25) is 0 Å². The largest absolute Gasteiger partial charge is 0.334 e. The number of hydrogen-bond acceptors (Lipinski definition) is 1. The van der Waals surface area contributed by atoms with Gasteiger partial charge in [0.25, 0.3) is 0 Å². The highest BCUT2D eigenvalue weighted by atomic mass is 79.9. The van der Waals surface area contributed by atoms with E-state index in [0.717, 1.165) is 21.6 Å². The predicted octanol–water partition coefficient (Wildman–Crippen LogP) is 4.05. The second-order valence-electron chi connectivity index (χ2n) is 3.70. The van der Waals surface area contributed by atoms with Crippen molar-refractivity contribution in [3.8, 4) is 11.3 Å². The predicted molar refractivity (Wildman–Crippen MR) is 75.6 cm³/mol. The fourth-order valence-electron chi connectivity index (χ4n) is 1.55. The van der Waals surface area contributed by atoms with E-state index in [2.05, 4.69) is 27.5 Å². The van der Waals surface area contributed by atoms with Gasteiger partial charge in [-0.05, 0) is 18.2 Å². The zero-order valence-electron chi connectivity index (χ0n) is 9.60. The third kappa shape index (κ3) is 2.74. The van der Waals surface area contributed by atoms with Gasteiger partial charge in [-0.1, -0.05) is 46.8 Å². The van der Waals surface area contributed by atoms with E-state index in [1.54, 1.807) is 6.08 Å². The summed E-state index contributed by atoms with van der Waals surface area (Å²) in [6.07, 6.45) is 7.59. The minimum absolute atomic E-state index is 0.919. The monoisotopic (exact) mass is 288 g/mol. The molecular weight excluding hydrogens is 276 g/mol. The molecule has 1 aromatic carbocycles. The van der Waals surface area contributed by atoms with Crippen LogP contribution in [0.2, 0.25) is 0 Å². The normalized spacial score (nSPS) is 10.9. The summed E-state index contributed by atoms with van der Waals surface area (Å²) in [4.78, 5) is 4.56. The van der Waals surface area contributed by atoms with E-state index in [1.807, 2.05) is 54.2 Å². The Morgan fingerprint density at radius 1 is 1.29 bits per heavy atom. The third-order valence-electron chi connectivity index (χ3n) is 2.43. The molecule has 2 aromatic rings. The molecule has 0 aliphatic rings. The number of imidazole rings is 1. The first-order valence-electron chi connectivity index (χ1n) is 5.29. The molecule has 0 saturated carbocycles. The molecule has 3 heteroatoms. The molecule has 0 N–H and O–H groups in total. The van der Waals surface area contributed by atoms with Gasteiger partial charge in [0.05, 0.1) is 5.69 Å². The number of aryl methyl sites for hydroxylation is 1. The molecule has 0 saturated heterocycles. The Morgan fingerprint density at radius 2 is 2.00 bits per heavy atom. The van der Waals surface area contributed by atoms with Crippen molar-refractivity contribution < 1.29 is 0 Å². The van der Waals surface area contributed by atoms with E-state index >= 15 is 0 Å². The second kappa shape index (κ2) is 5.15. The van der Waals surface area contributed by atoms with Gasteiger partial charge in [-0.15, -0.1) is 0 Å². The molecule has 0 radical (unpaired) electrons.